The second-order valence-electron chi connectivity index (χ2n) is 3.82. The van der Waals surface area contributed by atoms with Crippen LogP contribution in [0.15, 0.2) is 22.7 Å². The molecule has 0 unspecified atom stereocenters. The summed E-state index contributed by atoms with van der Waals surface area (Å²) in [4.78, 5) is 11.6. The summed E-state index contributed by atoms with van der Waals surface area (Å²) in [7, 11) is 0. The van der Waals surface area contributed by atoms with Gasteiger partial charge in [0.15, 0.2) is 0 Å². The lowest BCUT2D eigenvalue weighted by atomic mass is 10.1. The van der Waals surface area contributed by atoms with Gasteiger partial charge < -0.3 is 5.32 Å². The molecule has 1 amide bonds. The van der Waals surface area contributed by atoms with Crippen molar-refractivity contribution >= 4 is 21.8 Å². The second kappa shape index (κ2) is 5.08. The molecule has 6 heteroatoms. The highest BCUT2D eigenvalue weighted by Gasteiger charge is 2.35. The Morgan fingerprint density at radius 1 is 1.35 bits per heavy atom. The lowest BCUT2D eigenvalue weighted by molar-refractivity contribution is -0.138. The lowest BCUT2D eigenvalue weighted by Gasteiger charge is -2.14. The Hall–Kier alpha value is -1.04. The summed E-state index contributed by atoms with van der Waals surface area (Å²) in [5.74, 6) is -0.722. The maximum absolute atomic E-state index is 12.7. The van der Waals surface area contributed by atoms with Crippen molar-refractivity contribution in [2.75, 3.05) is 0 Å². The molecule has 0 heterocycles. The van der Waals surface area contributed by atoms with E-state index in [1.54, 1.807) is 13.8 Å². The zero-order valence-electron chi connectivity index (χ0n) is 9.23. The third kappa shape index (κ3) is 3.73. The van der Waals surface area contributed by atoms with Crippen molar-refractivity contribution in [3.8, 4) is 0 Å². The minimum absolute atomic E-state index is 0.216. The van der Waals surface area contributed by atoms with E-state index in [2.05, 4.69) is 21.2 Å². The van der Waals surface area contributed by atoms with Crippen molar-refractivity contribution in [2.24, 2.45) is 0 Å². The number of rotatable bonds is 2. The molecule has 0 atom stereocenters. The number of alkyl halides is 3. The molecule has 0 aromatic heterocycles. The predicted octanol–water partition coefficient (Wildman–Crippen LogP) is 3.61. The van der Waals surface area contributed by atoms with Crippen LogP contribution in [-0.4, -0.2) is 11.9 Å². The van der Waals surface area contributed by atoms with Crippen LogP contribution in [-0.2, 0) is 6.18 Å². The molecule has 0 radical (unpaired) electrons. The smallest absolute Gasteiger partial charge is 0.350 e. The van der Waals surface area contributed by atoms with Gasteiger partial charge in [-0.3, -0.25) is 4.79 Å². The fourth-order valence-corrected chi connectivity index (χ4v) is 1.65. The molecule has 0 aliphatic rings. The van der Waals surface area contributed by atoms with Crippen LogP contribution in [0.3, 0.4) is 0 Å². The van der Waals surface area contributed by atoms with Gasteiger partial charge in [-0.2, -0.15) is 13.2 Å². The SMILES string of the molecule is CC(C)NC(=O)c1ccc(Br)cc1C(F)(F)F. The number of benzene rings is 1. The zero-order valence-corrected chi connectivity index (χ0v) is 10.8. The van der Waals surface area contributed by atoms with Crippen molar-refractivity contribution in [1.82, 2.24) is 5.32 Å². The fourth-order valence-electron chi connectivity index (χ4n) is 1.29. The van der Waals surface area contributed by atoms with Gasteiger partial charge in [-0.15, -0.1) is 0 Å². The summed E-state index contributed by atoms with van der Waals surface area (Å²) in [6, 6.07) is 3.25. The van der Waals surface area contributed by atoms with E-state index in [0.29, 0.717) is 0 Å². The number of hydrogen-bond acceptors (Lipinski definition) is 1. The lowest BCUT2D eigenvalue weighted by Crippen LogP contribution is -2.31. The number of carbonyl (C=O) groups is 1. The van der Waals surface area contributed by atoms with Gasteiger partial charge >= 0.3 is 6.18 Å². The first kappa shape index (κ1) is 14.0. The first-order chi connectivity index (χ1) is 7.71. The first-order valence-electron chi connectivity index (χ1n) is 4.89. The van der Waals surface area contributed by atoms with Crippen molar-refractivity contribution in [2.45, 2.75) is 26.1 Å². The Morgan fingerprint density at radius 3 is 2.41 bits per heavy atom. The summed E-state index contributed by atoms with van der Waals surface area (Å²) in [6.07, 6.45) is -4.55. The molecule has 17 heavy (non-hydrogen) atoms. The van der Waals surface area contributed by atoms with E-state index < -0.39 is 17.6 Å². The average molecular weight is 310 g/mol. The monoisotopic (exact) mass is 309 g/mol. The van der Waals surface area contributed by atoms with Gasteiger partial charge in [0.05, 0.1) is 11.1 Å². The zero-order chi connectivity index (χ0) is 13.2. The third-order valence-electron chi connectivity index (χ3n) is 1.95. The van der Waals surface area contributed by atoms with Gasteiger partial charge in [0, 0.05) is 10.5 Å². The van der Waals surface area contributed by atoms with E-state index in [1.807, 2.05) is 0 Å². The van der Waals surface area contributed by atoms with E-state index in [-0.39, 0.29) is 16.1 Å². The molecule has 1 N–H and O–H groups in total. The van der Waals surface area contributed by atoms with Gasteiger partial charge in [-0.05, 0) is 32.0 Å². The summed E-state index contributed by atoms with van der Waals surface area (Å²) in [6.45, 7) is 3.37. The van der Waals surface area contributed by atoms with Crippen LogP contribution >= 0.6 is 15.9 Å². The van der Waals surface area contributed by atoms with Gasteiger partial charge in [-0.1, -0.05) is 15.9 Å². The molecule has 0 spiro atoms. The Morgan fingerprint density at radius 2 is 1.94 bits per heavy atom. The maximum atomic E-state index is 12.7. The molecule has 0 saturated carbocycles. The van der Waals surface area contributed by atoms with Crippen molar-refractivity contribution in [3.05, 3.63) is 33.8 Å². The predicted molar refractivity (Wildman–Crippen MR) is 61.7 cm³/mol. The normalized spacial score (nSPS) is 11.7. The van der Waals surface area contributed by atoms with Crippen LogP contribution in [0.2, 0.25) is 0 Å². The number of hydrogen-bond donors (Lipinski definition) is 1. The van der Waals surface area contributed by atoms with Crippen LogP contribution < -0.4 is 5.32 Å². The van der Waals surface area contributed by atoms with Crippen molar-refractivity contribution in [3.63, 3.8) is 0 Å². The largest absolute Gasteiger partial charge is 0.417 e. The molecule has 0 aliphatic carbocycles. The molecule has 1 rings (SSSR count). The highest BCUT2D eigenvalue weighted by atomic mass is 79.9. The first-order valence-corrected chi connectivity index (χ1v) is 5.68. The second-order valence-corrected chi connectivity index (χ2v) is 4.73. The topological polar surface area (TPSA) is 29.1 Å². The Balaban J connectivity index is 3.20. The highest BCUT2D eigenvalue weighted by Crippen LogP contribution is 2.33. The van der Waals surface area contributed by atoms with Gasteiger partial charge in [0.2, 0.25) is 0 Å². The number of halogens is 4. The summed E-state index contributed by atoms with van der Waals surface area (Å²) >= 11 is 2.96. The average Bonchev–Trinajstić information content (AvgIpc) is 2.14. The van der Waals surface area contributed by atoms with Crippen LogP contribution in [0.4, 0.5) is 13.2 Å². The van der Waals surface area contributed by atoms with E-state index in [1.165, 1.54) is 6.07 Å². The molecule has 1 aromatic carbocycles. The van der Waals surface area contributed by atoms with E-state index in [9.17, 15) is 18.0 Å². The van der Waals surface area contributed by atoms with Crippen molar-refractivity contribution in [1.29, 1.82) is 0 Å². The highest BCUT2D eigenvalue weighted by molar-refractivity contribution is 9.10. The van der Waals surface area contributed by atoms with Gasteiger partial charge in [0.25, 0.3) is 5.91 Å². The molecule has 1 aromatic rings. The maximum Gasteiger partial charge on any atom is 0.417 e. The Kier molecular flexibility index (Phi) is 4.19. The minimum Gasteiger partial charge on any atom is -0.350 e. The Bertz CT molecular complexity index is 429. The summed E-state index contributed by atoms with van der Waals surface area (Å²) in [5.41, 5.74) is -1.31. The van der Waals surface area contributed by atoms with Crippen LogP contribution in [0.25, 0.3) is 0 Å². The minimum atomic E-state index is -4.55. The standard InChI is InChI=1S/C11H11BrF3NO/c1-6(2)16-10(17)8-4-3-7(12)5-9(8)11(13,14)15/h3-6H,1-2H3,(H,16,17). The molecule has 94 valence electrons. The number of carbonyl (C=O) groups excluding carboxylic acids is 1. The van der Waals surface area contributed by atoms with E-state index in [4.69, 9.17) is 0 Å². The molecule has 0 fully saturated rings. The summed E-state index contributed by atoms with van der Waals surface area (Å²) < 4.78 is 38.5. The summed E-state index contributed by atoms with van der Waals surface area (Å²) in [5, 5.41) is 2.44. The molecule has 0 bridgehead atoms. The van der Waals surface area contributed by atoms with Crippen LogP contribution in [0.1, 0.15) is 29.8 Å². The van der Waals surface area contributed by atoms with Crippen molar-refractivity contribution < 1.29 is 18.0 Å². The molecular formula is C11H11BrF3NO. The van der Waals surface area contributed by atoms with Gasteiger partial charge in [-0.25, -0.2) is 0 Å². The van der Waals surface area contributed by atoms with Crippen LogP contribution in [0.5, 0.6) is 0 Å². The van der Waals surface area contributed by atoms with Gasteiger partial charge in [0.1, 0.15) is 0 Å². The fraction of sp³-hybridized carbons (Fsp3) is 0.364. The molecular weight excluding hydrogens is 299 g/mol. The van der Waals surface area contributed by atoms with E-state index >= 15 is 0 Å². The molecule has 0 saturated heterocycles. The molecule has 0 aliphatic heterocycles. The quantitative estimate of drug-likeness (QED) is 0.888. The number of nitrogens with one attached hydrogen (secondary N) is 1. The third-order valence-corrected chi connectivity index (χ3v) is 2.44. The Labute approximate surface area is 105 Å². The van der Waals surface area contributed by atoms with Crippen LogP contribution in [0, 0.1) is 0 Å². The van der Waals surface area contributed by atoms with E-state index in [0.717, 1.165) is 12.1 Å². The number of amides is 1. The molecule has 2 nitrogen and oxygen atoms in total.